The third-order valence-electron chi connectivity index (χ3n) is 5.21. The minimum atomic E-state index is 0.104. The van der Waals surface area contributed by atoms with E-state index in [1.807, 2.05) is 25.3 Å². The second-order valence-electron chi connectivity index (χ2n) is 7.37. The Bertz CT molecular complexity index is 712. The first-order chi connectivity index (χ1) is 12.8. The highest BCUT2D eigenvalue weighted by atomic mass is 16.5. The van der Waals surface area contributed by atoms with Gasteiger partial charge in [0, 0.05) is 32.3 Å². The van der Waals surface area contributed by atoms with E-state index in [-0.39, 0.29) is 6.10 Å². The Balaban J connectivity index is 1.40. The maximum absolute atomic E-state index is 5.98. The maximum Gasteiger partial charge on any atom is 0.122 e. The minimum absolute atomic E-state index is 0.104. The number of benzene rings is 1. The molecule has 4 heteroatoms. The smallest absolute Gasteiger partial charge is 0.122 e. The molecule has 2 heterocycles. The number of hydrogen-bond acceptors (Lipinski definition) is 4. The molecule has 4 rings (SSSR count). The van der Waals surface area contributed by atoms with Crippen LogP contribution in [-0.4, -0.2) is 42.7 Å². The van der Waals surface area contributed by atoms with Crippen molar-refractivity contribution in [1.29, 1.82) is 0 Å². The highest BCUT2D eigenvalue weighted by Gasteiger charge is 2.28. The molecule has 2 aromatic rings. The molecule has 0 bridgehead atoms. The molecule has 1 atom stereocenters. The third kappa shape index (κ3) is 4.43. The molecule has 1 aliphatic heterocycles. The van der Waals surface area contributed by atoms with Crippen LogP contribution in [0.2, 0.25) is 0 Å². The monoisotopic (exact) mass is 352 g/mol. The third-order valence-corrected chi connectivity index (χ3v) is 5.21. The lowest BCUT2D eigenvalue weighted by atomic mass is 10.0. The number of nitrogens with zero attached hydrogens (tertiary/aromatic N) is 2. The van der Waals surface area contributed by atoms with Crippen LogP contribution < -0.4 is 4.74 Å². The lowest BCUT2D eigenvalue weighted by molar-refractivity contribution is -0.0334. The molecule has 1 aromatic carbocycles. The molecule has 138 valence electrons. The summed E-state index contributed by atoms with van der Waals surface area (Å²) in [6.45, 7) is 6.76. The molecule has 1 unspecified atom stereocenters. The molecule has 2 fully saturated rings. The van der Waals surface area contributed by atoms with Crippen molar-refractivity contribution < 1.29 is 9.47 Å². The van der Waals surface area contributed by atoms with Crippen LogP contribution in [0.1, 0.15) is 42.7 Å². The number of hydrogen-bond donors (Lipinski definition) is 0. The quantitative estimate of drug-likeness (QED) is 0.758. The fourth-order valence-electron chi connectivity index (χ4n) is 3.61. The summed E-state index contributed by atoms with van der Waals surface area (Å²) in [6, 6.07) is 12.5. The molecule has 0 amide bonds. The number of ether oxygens (including phenoxy) is 2. The standard InChI is InChI=1S/C22H28N2O2/c1-2-25-21-6-4-3-5-19(21)13-18-9-10-20(23-14-18)22-16-24(11-12-26-22)15-17-7-8-17/h3-6,9-10,14,17,22H,2,7-8,11-13,15-16H2,1H3. The highest BCUT2D eigenvalue weighted by molar-refractivity contribution is 5.37. The van der Waals surface area contributed by atoms with Gasteiger partial charge in [-0.2, -0.15) is 0 Å². The van der Waals surface area contributed by atoms with Crippen molar-refractivity contribution in [1.82, 2.24) is 9.88 Å². The van der Waals surface area contributed by atoms with Crippen molar-refractivity contribution >= 4 is 0 Å². The fourth-order valence-corrected chi connectivity index (χ4v) is 3.61. The molecule has 1 saturated carbocycles. The predicted octanol–water partition coefficient (Wildman–Crippen LogP) is 3.85. The fraction of sp³-hybridized carbons (Fsp3) is 0.500. The molecule has 26 heavy (non-hydrogen) atoms. The molecule has 2 aliphatic rings. The molecule has 0 radical (unpaired) electrons. The van der Waals surface area contributed by atoms with Gasteiger partial charge in [0.15, 0.2) is 0 Å². The van der Waals surface area contributed by atoms with E-state index in [1.54, 1.807) is 0 Å². The van der Waals surface area contributed by atoms with Crippen LogP contribution in [0.5, 0.6) is 5.75 Å². The summed E-state index contributed by atoms with van der Waals surface area (Å²) >= 11 is 0. The molecule has 1 aliphatic carbocycles. The lowest BCUT2D eigenvalue weighted by Gasteiger charge is -2.32. The van der Waals surface area contributed by atoms with E-state index in [0.29, 0.717) is 6.61 Å². The molecule has 4 nitrogen and oxygen atoms in total. The van der Waals surface area contributed by atoms with E-state index in [4.69, 9.17) is 14.5 Å². The zero-order valence-electron chi connectivity index (χ0n) is 15.6. The van der Waals surface area contributed by atoms with Crippen LogP contribution in [-0.2, 0) is 11.2 Å². The molecule has 0 spiro atoms. The van der Waals surface area contributed by atoms with E-state index >= 15 is 0 Å². The van der Waals surface area contributed by atoms with E-state index in [9.17, 15) is 0 Å². The Kier molecular flexibility index (Phi) is 5.51. The van der Waals surface area contributed by atoms with Gasteiger partial charge < -0.3 is 9.47 Å². The van der Waals surface area contributed by atoms with E-state index in [0.717, 1.165) is 43.5 Å². The summed E-state index contributed by atoms with van der Waals surface area (Å²) in [5.74, 6) is 1.89. The first-order valence-electron chi connectivity index (χ1n) is 9.81. The van der Waals surface area contributed by atoms with Crippen LogP contribution in [0.4, 0.5) is 0 Å². The zero-order valence-corrected chi connectivity index (χ0v) is 15.6. The van der Waals surface area contributed by atoms with Crippen molar-refractivity contribution in [2.75, 3.05) is 32.8 Å². The van der Waals surface area contributed by atoms with Crippen LogP contribution in [0.15, 0.2) is 42.6 Å². The molecule has 1 aromatic heterocycles. The van der Waals surface area contributed by atoms with Crippen molar-refractivity contribution in [3.63, 3.8) is 0 Å². The Labute approximate surface area is 156 Å². The molecular formula is C22H28N2O2. The summed E-state index contributed by atoms with van der Waals surface area (Å²) in [5.41, 5.74) is 3.45. The average Bonchev–Trinajstić information content (AvgIpc) is 3.48. The van der Waals surface area contributed by atoms with Gasteiger partial charge in [0.1, 0.15) is 11.9 Å². The van der Waals surface area contributed by atoms with Crippen LogP contribution in [0.3, 0.4) is 0 Å². The SMILES string of the molecule is CCOc1ccccc1Cc1ccc(C2CN(CC3CC3)CCO2)nc1. The Hall–Kier alpha value is -1.91. The van der Waals surface area contributed by atoms with Gasteiger partial charge in [-0.1, -0.05) is 24.3 Å². The number of pyridine rings is 1. The van der Waals surface area contributed by atoms with Gasteiger partial charge in [0.25, 0.3) is 0 Å². The van der Waals surface area contributed by atoms with Gasteiger partial charge in [-0.15, -0.1) is 0 Å². The first-order valence-corrected chi connectivity index (χ1v) is 9.81. The van der Waals surface area contributed by atoms with Gasteiger partial charge in [0.2, 0.25) is 0 Å². The lowest BCUT2D eigenvalue weighted by Crippen LogP contribution is -2.39. The van der Waals surface area contributed by atoms with Crippen molar-refractivity contribution in [3.05, 3.63) is 59.4 Å². The Morgan fingerprint density at radius 3 is 2.85 bits per heavy atom. The average molecular weight is 352 g/mol. The molecule has 0 N–H and O–H groups in total. The second kappa shape index (κ2) is 8.19. The van der Waals surface area contributed by atoms with Gasteiger partial charge in [-0.25, -0.2) is 0 Å². The number of rotatable bonds is 7. The minimum Gasteiger partial charge on any atom is -0.494 e. The topological polar surface area (TPSA) is 34.6 Å². The summed E-state index contributed by atoms with van der Waals surface area (Å²) in [5, 5.41) is 0. The predicted molar refractivity (Wildman–Crippen MR) is 103 cm³/mol. The van der Waals surface area contributed by atoms with Gasteiger partial charge in [-0.05, 0) is 48.9 Å². The van der Waals surface area contributed by atoms with Gasteiger partial charge >= 0.3 is 0 Å². The van der Waals surface area contributed by atoms with Gasteiger partial charge in [0.05, 0.1) is 18.9 Å². The first kappa shape index (κ1) is 17.5. The van der Waals surface area contributed by atoms with Crippen LogP contribution in [0.25, 0.3) is 0 Å². The second-order valence-corrected chi connectivity index (χ2v) is 7.37. The number of aromatic nitrogens is 1. The van der Waals surface area contributed by atoms with Crippen molar-refractivity contribution in [2.45, 2.75) is 32.3 Å². The zero-order chi connectivity index (χ0) is 17.8. The molecular weight excluding hydrogens is 324 g/mol. The summed E-state index contributed by atoms with van der Waals surface area (Å²) in [6.07, 6.45) is 5.73. The normalized spacial score (nSPS) is 20.9. The Morgan fingerprint density at radius 1 is 1.19 bits per heavy atom. The van der Waals surface area contributed by atoms with Crippen LogP contribution in [0, 0.1) is 5.92 Å². The van der Waals surface area contributed by atoms with E-state index in [2.05, 4.69) is 29.2 Å². The van der Waals surface area contributed by atoms with Crippen LogP contribution >= 0.6 is 0 Å². The summed E-state index contributed by atoms with van der Waals surface area (Å²) < 4.78 is 11.7. The van der Waals surface area contributed by atoms with E-state index < -0.39 is 0 Å². The summed E-state index contributed by atoms with van der Waals surface area (Å²) in [7, 11) is 0. The Morgan fingerprint density at radius 2 is 2.08 bits per heavy atom. The highest BCUT2D eigenvalue weighted by Crippen LogP contribution is 2.31. The van der Waals surface area contributed by atoms with Gasteiger partial charge in [-0.3, -0.25) is 9.88 Å². The molecule has 1 saturated heterocycles. The number of morpholine rings is 1. The largest absolute Gasteiger partial charge is 0.494 e. The van der Waals surface area contributed by atoms with Crippen molar-refractivity contribution in [3.8, 4) is 5.75 Å². The van der Waals surface area contributed by atoms with E-state index in [1.165, 1.54) is 30.5 Å². The van der Waals surface area contributed by atoms with Crippen molar-refractivity contribution in [2.24, 2.45) is 5.92 Å². The number of para-hydroxylation sites is 1. The summed E-state index contributed by atoms with van der Waals surface area (Å²) in [4.78, 5) is 7.25. The maximum atomic E-state index is 5.98.